The van der Waals surface area contributed by atoms with Gasteiger partial charge in [-0.15, -0.1) is 0 Å². The fourth-order valence-corrected chi connectivity index (χ4v) is 1.47. The lowest BCUT2D eigenvalue weighted by Gasteiger charge is -2.09. The number of anilines is 1. The Hall–Kier alpha value is -2.17. The minimum atomic E-state index is -0.294. The van der Waals surface area contributed by atoms with Crippen molar-refractivity contribution >= 4 is 5.95 Å². The van der Waals surface area contributed by atoms with E-state index < -0.39 is 0 Å². The number of aryl methyl sites for hydroxylation is 1. The molecule has 0 unspecified atom stereocenters. The molecule has 0 bridgehead atoms. The highest BCUT2D eigenvalue weighted by atomic mass is 19.1. The molecule has 0 amide bonds. The first-order chi connectivity index (χ1) is 9.19. The van der Waals surface area contributed by atoms with Gasteiger partial charge in [-0.2, -0.15) is 4.98 Å². The van der Waals surface area contributed by atoms with Gasteiger partial charge in [0.15, 0.2) is 0 Å². The fraction of sp³-hybridized carbons (Fsp3) is 0.286. The zero-order valence-corrected chi connectivity index (χ0v) is 11.0. The molecule has 0 fully saturated rings. The van der Waals surface area contributed by atoms with E-state index in [1.165, 1.54) is 12.1 Å². The second kappa shape index (κ2) is 6.13. The topological polar surface area (TPSA) is 47.0 Å². The average Bonchev–Trinajstić information content (AvgIpc) is 2.42. The summed E-state index contributed by atoms with van der Waals surface area (Å²) in [5.41, 5.74) is 0.825. The fourth-order valence-electron chi connectivity index (χ4n) is 1.47. The Kier molecular flexibility index (Phi) is 4.28. The number of ether oxygens (including phenoxy) is 1. The predicted octanol–water partition coefficient (Wildman–Crippen LogP) is 3.54. The maximum atomic E-state index is 12.8. The Morgan fingerprint density at radius 3 is 2.68 bits per heavy atom. The van der Waals surface area contributed by atoms with Crippen LogP contribution < -0.4 is 10.1 Å². The molecule has 1 N–H and O–H groups in total. The lowest BCUT2D eigenvalue weighted by molar-refractivity contribution is 0.456. The third-order valence-electron chi connectivity index (χ3n) is 2.49. The summed E-state index contributed by atoms with van der Waals surface area (Å²) in [4.78, 5) is 8.46. The normalized spacial score (nSPS) is 10.3. The van der Waals surface area contributed by atoms with Gasteiger partial charge in [-0.1, -0.05) is 6.92 Å². The first-order valence-electron chi connectivity index (χ1n) is 6.20. The number of benzene rings is 1. The molecule has 0 aliphatic carbocycles. The van der Waals surface area contributed by atoms with E-state index in [1.807, 2.05) is 6.92 Å². The van der Waals surface area contributed by atoms with E-state index in [0.29, 0.717) is 17.6 Å². The molecular formula is C14H16FN3O. The number of rotatable bonds is 5. The van der Waals surface area contributed by atoms with Gasteiger partial charge < -0.3 is 10.1 Å². The standard InChI is InChI=1S/C14H16FN3O/c1-3-8-16-14-17-9-10(2)13(18-14)19-12-6-4-11(15)5-7-12/h4-7,9H,3,8H2,1-2H3,(H,16,17,18). The summed E-state index contributed by atoms with van der Waals surface area (Å²) < 4.78 is 18.4. The molecule has 5 heteroatoms. The molecule has 100 valence electrons. The summed E-state index contributed by atoms with van der Waals surface area (Å²) in [6.07, 6.45) is 2.69. The van der Waals surface area contributed by atoms with Crippen molar-refractivity contribution in [2.45, 2.75) is 20.3 Å². The Labute approximate surface area is 111 Å². The van der Waals surface area contributed by atoms with E-state index in [-0.39, 0.29) is 5.82 Å². The Morgan fingerprint density at radius 1 is 1.26 bits per heavy atom. The van der Waals surface area contributed by atoms with Crippen LogP contribution in [0.5, 0.6) is 11.6 Å². The maximum Gasteiger partial charge on any atom is 0.226 e. The van der Waals surface area contributed by atoms with Gasteiger partial charge in [-0.25, -0.2) is 9.37 Å². The van der Waals surface area contributed by atoms with Gasteiger partial charge in [0, 0.05) is 18.3 Å². The van der Waals surface area contributed by atoms with Crippen molar-refractivity contribution in [1.82, 2.24) is 9.97 Å². The molecule has 4 nitrogen and oxygen atoms in total. The summed E-state index contributed by atoms with van der Waals surface area (Å²) in [6.45, 7) is 4.73. The van der Waals surface area contributed by atoms with Crippen LogP contribution >= 0.6 is 0 Å². The van der Waals surface area contributed by atoms with Crippen LogP contribution in [0.25, 0.3) is 0 Å². The number of hydrogen-bond acceptors (Lipinski definition) is 4. The Balaban J connectivity index is 2.16. The summed E-state index contributed by atoms with van der Waals surface area (Å²) in [5, 5.41) is 3.09. The van der Waals surface area contributed by atoms with Crippen LogP contribution in [0.4, 0.5) is 10.3 Å². The van der Waals surface area contributed by atoms with Gasteiger partial charge in [0.05, 0.1) is 0 Å². The first-order valence-corrected chi connectivity index (χ1v) is 6.20. The van der Waals surface area contributed by atoms with Crippen molar-refractivity contribution in [2.24, 2.45) is 0 Å². The predicted molar refractivity (Wildman–Crippen MR) is 72.0 cm³/mol. The van der Waals surface area contributed by atoms with Gasteiger partial charge in [0.25, 0.3) is 0 Å². The average molecular weight is 261 g/mol. The van der Waals surface area contributed by atoms with Crippen LogP contribution in [0.3, 0.4) is 0 Å². The second-order valence-electron chi connectivity index (χ2n) is 4.16. The number of nitrogens with zero attached hydrogens (tertiary/aromatic N) is 2. The molecule has 0 saturated carbocycles. The molecule has 0 spiro atoms. The molecule has 0 radical (unpaired) electrons. The molecule has 0 aliphatic heterocycles. The quantitative estimate of drug-likeness (QED) is 0.894. The second-order valence-corrected chi connectivity index (χ2v) is 4.16. The highest BCUT2D eigenvalue weighted by Gasteiger charge is 2.06. The van der Waals surface area contributed by atoms with Crippen molar-refractivity contribution in [3.63, 3.8) is 0 Å². The third kappa shape index (κ3) is 3.64. The lowest BCUT2D eigenvalue weighted by atomic mass is 10.3. The number of hydrogen-bond donors (Lipinski definition) is 1. The molecule has 0 saturated heterocycles. The zero-order valence-electron chi connectivity index (χ0n) is 11.0. The van der Waals surface area contributed by atoms with Gasteiger partial charge in [-0.05, 0) is 37.6 Å². The van der Waals surface area contributed by atoms with Crippen molar-refractivity contribution in [3.05, 3.63) is 41.8 Å². The molecule has 2 aromatic rings. The molecule has 1 heterocycles. The van der Waals surface area contributed by atoms with Crippen molar-refractivity contribution < 1.29 is 9.13 Å². The van der Waals surface area contributed by atoms with E-state index in [1.54, 1.807) is 18.3 Å². The van der Waals surface area contributed by atoms with Gasteiger partial charge in [0.1, 0.15) is 11.6 Å². The Morgan fingerprint density at radius 2 is 2.00 bits per heavy atom. The molecule has 0 aliphatic rings. The van der Waals surface area contributed by atoms with E-state index in [4.69, 9.17) is 4.74 Å². The summed E-state index contributed by atoms with van der Waals surface area (Å²) in [6, 6.07) is 5.83. The van der Waals surface area contributed by atoms with Gasteiger partial charge in [-0.3, -0.25) is 0 Å². The monoisotopic (exact) mass is 261 g/mol. The van der Waals surface area contributed by atoms with Crippen LogP contribution in [-0.4, -0.2) is 16.5 Å². The van der Waals surface area contributed by atoms with E-state index in [9.17, 15) is 4.39 Å². The summed E-state index contributed by atoms with van der Waals surface area (Å²) in [7, 11) is 0. The highest BCUT2D eigenvalue weighted by Crippen LogP contribution is 2.23. The van der Waals surface area contributed by atoms with Crippen LogP contribution in [0, 0.1) is 12.7 Å². The smallest absolute Gasteiger partial charge is 0.226 e. The van der Waals surface area contributed by atoms with Crippen LogP contribution in [0.1, 0.15) is 18.9 Å². The zero-order chi connectivity index (χ0) is 13.7. The number of nitrogens with one attached hydrogen (secondary N) is 1. The molecule has 1 aromatic heterocycles. The van der Waals surface area contributed by atoms with Crippen LogP contribution in [0.2, 0.25) is 0 Å². The van der Waals surface area contributed by atoms with Crippen molar-refractivity contribution in [2.75, 3.05) is 11.9 Å². The minimum Gasteiger partial charge on any atom is -0.439 e. The van der Waals surface area contributed by atoms with Gasteiger partial charge in [0.2, 0.25) is 11.8 Å². The molecule has 1 aromatic carbocycles. The van der Waals surface area contributed by atoms with E-state index in [0.717, 1.165) is 18.5 Å². The third-order valence-corrected chi connectivity index (χ3v) is 2.49. The van der Waals surface area contributed by atoms with E-state index >= 15 is 0 Å². The van der Waals surface area contributed by atoms with Crippen molar-refractivity contribution in [3.8, 4) is 11.6 Å². The summed E-state index contributed by atoms with van der Waals surface area (Å²) >= 11 is 0. The lowest BCUT2D eigenvalue weighted by Crippen LogP contribution is -2.05. The van der Waals surface area contributed by atoms with Gasteiger partial charge >= 0.3 is 0 Å². The summed E-state index contributed by atoms with van der Waals surface area (Å²) in [5.74, 6) is 1.26. The largest absolute Gasteiger partial charge is 0.439 e. The SMILES string of the molecule is CCCNc1ncc(C)c(Oc2ccc(F)cc2)n1. The Bertz CT molecular complexity index is 543. The number of aromatic nitrogens is 2. The molecule has 0 atom stereocenters. The first kappa shape index (κ1) is 13.3. The van der Waals surface area contributed by atoms with E-state index in [2.05, 4.69) is 22.2 Å². The minimum absolute atomic E-state index is 0.294. The van der Waals surface area contributed by atoms with Crippen LogP contribution in [0.15, 0.2) is 30.5 Å². The van der Waals surface area contributed by atoms with Crippen molar-refractivity contribution in [1.29, 1.82) is 0 Å². The molecule has 2 rings (SSSR count). The van der Waals surface area contributed by atoms with Crippen LogP contribution in [-0.2, 0) is 0 Å². The number of halogens is 1. The molecule has 19 heavy (non-hydrogen) atoms. The maximum absolute atomic E-state index is 12.8. The highest BCUT2D eigenvalue weighted by molar-refractivity contribution is 5.36. The molecular weight excluding hydrogens is 245 g/mol.